The number of ether oxygens (including phenoxy) is 1. The third kappa shape index (κ3) is 6.20. The summed E-state index contributed by atoms with van der Waals surface area (Å²) in [5.41, 5.74) is 0.900. The molecule has 0 heterocycles. The van der Waals surface area contributed by atoms with E-state index in [-0.39, 0.29) is 24.5 Å². The fraction of sp³-hybridized carbons (Fsp3) is 0.412. The Morgan fingerprint density at radius 2 is 1.75 bits per heavy atom. The number of esters is 1. The summed E-state index contributed by atoms with van der Waals surface area (Å²) < 4.78 is 4.67. The van der Waals surface area contributed by atoms with Gasteiger partial charge in [-0.3, -0.25) is 14.4 Å². The molecule has 0 aliphatic rings. The van der Waals surface area contributed by atoms with Gasteiger partial charge in [0.2, 0.25) is 5.91 Å². The van der Waals surface area contributed by atoms with Crippen LogP contribution in [0.1, 0.15) is 43.5 Å². The van der Waals surface area contributed by atoms with Crippen LogP contribution in [-0.4, -0.2) is 36.7 Å². The molecule has 130 valence electrons. The average Bonchev–Trinajstić information content (AvgIpc) is 2.57. The van der Waals surface area contributed by atoms with Crippen LogP contribution in [0.4, 0.5) is 5.69 Å². The van der Waals surface area contributed by atoms with E-state index in [9.17, 15) is 19.2 Å². The van der Waals surface area contributed by atoms with Crippen molar-refractivity contribution in [1.29, 1.82) is 0 Å². The summed E-state index contributed by atoms with van der Waals surface area (Å²) in [7, 11) is 1.23. The standard InChI is InChI=1S/C17H22N2O5/c1-4-14(21)9-10-15(17(23)24-3)19-16(22)12-5-7-13(8-6-12)18-11(2)20/h5-8,15H,4,9-10H2,1-3H3,(H,18,20)(H,19,22)/t15-/m1/s1. The minimum Gasteiger partial charge on any atom is -0.467 e. The second-order valence-electron chi connectivity index (χ2n) is 5.24. The molecule has 24 heavy (non-hydrogen) atoms. The Kier molecular flexibility index (Phi) is 7.61. The topological polar surface area (TPSA) is 102 Å². The van der Waals surface area contributed by atoms with Gasteiger partial charge in [-0.1, -0.05) is 6.92 Å². The van der Waals surface area contributed by atoms with Gasteiger partial charge >= 0.3 is 5.97 Å². The molecule has 0 saturated heterocycles. The van der Waals surface area contributed by atoms with Crippen LogP contribution < -0.4 is 10.6 Å². The van der Waals surface area contributed by atoms with Crippen LogP contribution in [0.25, 0.3) is 0 Å². The van der Waals surface area contributed by atoms with E-state index in [2.05, 4.69) is 15.4 Å². The second kappa shape index (κ2) is 9.44. The van der Waals surface area contributed by atoms with E-state index >= 15 is 0 Å². The maximum atomic E-state index is 12.2. The first-order valence-corrected chi connectivity index (χ1v) is 7.65. The van der Waals surface area contributed by atoms with Crippen molar-refractivity contribution in [3.05, 3.63) is 29.8 Å². The smallest absolute Gasteiger partial charge is 0.328 e. The predicted molar refractivity (Wildman–Crippen MR) is 88.5 cm³/mol. The van der Waals surface area contributed by atoms with Gasteiger partial charge in [0.15, 0.2) is 0 Å². The van der Waals surface area contributed by atoms with Crippen LogP contribution in [0.2, 0.25) is 0 Å². The van der Waals surface area contributed by atoms with E-state index in [0.29, 0.717) is 17.7 Å². The lowest BCUT2D eigenvalue weighted by atomic mass is 10.1. The Balaban J connectivity index is 2.74. The van der Waals surface area contributed by atoms with Crippen molar-refractivity contribution in [1.82, 2.24) is 5.32 Å². The lowest BCUT2D eigenvalue weighted by molar-refractivity contribution is -0.143. The van der Waals surface area contributed by atoms with Crippen LogP contribution in [-0.2, 0) is 19.1 Å². The van der Waals surface area contributed by atoms with Crippen molar-refractivity contribution in [2.45, 2.75) is 39.2 Å². The summed E-state index contributed by atoms with van der Waals surface area (Å²) >= 11 is 0. The van der Waals surface area contributed by atoms with Gasteiger partial charge in [-0.2, -0.15) is 0 Å². The van der Waals surface area contributed by atoms with Crippen molar-refractivity contribution >= 4 is 29.3 Å². The lowest BCUT2D eigenvalue weighted by Gasteiger charge is -2.16. The number of carbonyl (C=O) groups is 4. The molecule has 7 nitrogen and oxygen atoms in total. The molecular weight excluding hydrogens is 312 g/mol. The first-order valence-electron chi connectivity index (χ1n) is 7.65. The molecule has 1 rings (SSSR count). The van der Waals surface area contributed by atoms with Gasteiger partial charge in [-0.15, -0.1) is 0 Å². The van der Waals surface area contributed by atoms with E-state index in [0.717, 1.165) is 0 Å². The number of benzene rings is 1. The fourth-order valence-corrected chi connectivity index (χ4v) is 2.02. The molecule has 0 bridgehead atoms. The molecule has 0 aromatic heterocycles. The minimum absolute atomic E-state index is 0.0119. The second-order valence-corrected chi connectivity index (χ2v) is 5.24. The van der Waals surface area contributed by atoms with Crippen LogP contribution >= 0.6 is 0 Å². The molecule has 0 aliphatic carbocycles. The maximum Gasteiger partial charge on any atom is 0.328 e. The van der Waals surface area contributed by atoms with Crippen LogP contribution in [0, 0.1) is 0 Å². The summed E-state index contributed by atoms with van der Waals surface area (Å²) in [6.45, 7) is 3.13. The Bertz CT molecular complexity index is 610. The molecule has 1 atom stereocenters. The van der Waals surface area contributed by atoms with Crippen molar-refractivity contribution in [3.8, 4) is 0 Å². The third-order valence-corrected chi connectivity index (χ3v) is 3.36. The number of ketones is 1. The highest BCUT2D eigenvalue weighted by molar-refractivity contribution is 5.97. The van der Waals surface area contributed by atoms with Crippen molar-refractivity contribution in [3.63, 3.8) is 0 Å². The maximum absolute atomic E-state index is 12.2. The van der Waals surface area contributed by atoms with Crippen LogP contribution in [0.15, 0.2) is 24.3 Å². The number of hydrogen-bond donors (Lipinski definition) is 2. The minimum atomic E-state index is -0.881. The molecule has 0 unspecified atom stereocenters. The first-order chi connectivity index (χ1) is 11.4. The number of nitrogens with one attached hydrogen (secondary N) is 2. The highest BCUT2D eigenvalue weighted by atomic mass is 16.5. The number of Topliss-reactive ketones (excluding diaryl/α,β-unsaturated/α-hetero) is 1. The number of rotatable bonds is 8. The molecule has 2 amide bonds. The number of carbonyl (C=O) groups excluding carboxylic acids is 4. The summed E-state index contributed by atoms with van der Waals surface area (Å²) in [5, 5.41) is 5.17. The van der Waals surface area contributed by atoms with E-state index in [1.807, 2.05) is 0 Å². The summed E-state index contributed by atoms with van der Waals surface area (Å²) in [5.74, 6) is -1.25. The van der Waals surface area contributed by atoms with Crippen molar-refractivity contribution in [2.24, 2.45) is 0 Å². The summed E-state index contributed by atoms with van der Waals surface area (Å²) in [6, 6.07) is 5.36. The van der Waals surface area contributed by atoms with E-state index < -0.39 is 17.9 Å². The van der Waals surface area contributed by atoms with Gasteiger partial charge in [-0.05, 0) is 30.7 Å². The molecular formula is C17H22N2O5. The number of amides is 2. The average molecular weight is 334 g/mol. The molecule has 7 heteroatoms. The lowest BCUT2D eigenvalue weighted by Crippen LogP contribution is -2.41. The Morgan fingerprint density at radius 1 is 1.12 bits per heavy atom. The Hall–Kier alpha value is -2.70. The van der Waals surface area contributed by atoms with Crippen LogP contribution in [0.3, 0.4) is 0 Å². The zero-order chi connectivity index (χ0) is 18.1. The van der Waals surface area contributed by atoms with E-state index in [4.69, 9.17) is 0 Å². The summed E-state index contributed by atoms with van der Waals surface area (Å²) in [4.78, 5) is 46.4. The molecule has 1 aromatic carbocycles. The predicted octanol–water partition coefficient (Wildman–Crippen LogP) is 1.68. The number of methoxy groups -OCH3 is 1. The zero-order valence-corrected chi connectivity index (χ0v) is 14.0. The van der Waals surface area contributed by atoms with Gasteiger partial charge in [0.05, 0.1) is 7.11 Å². The quantitative estimate of drug-likeness (QED) is 0.704. The molecule has 0 aliphatic heterocycles. The highest BCUT2D eigenvalue weighted by Crippen LogP contribution is 2.10. The van der Waals surface area contributed by atoms with Crippen molar-refractivity contribution < 1.29 is 23.9 Å². The van der Waals surface area contributed by atoms with E-state index in [1.165, 1.54) is 26.2 Å². The van der Waals surface area contributed by atoms with E-state index in [1.54, 1.807) is 19.1 Å². The molecule has 0 radical (unpaired) electrons. The Morgan fingerprint density at radius 3 is 2.25 bits per heavy atom. The van der Waals surface area contributed by atoms with Gasteiger partial charge in [-0.25, -0.2) is 4.79 Å². The monoisotopic (exact) mass is 334 g/mol. The molecule has 2 N–H and O–H groups in total. The molecule has 0 fully saturated rings. The molecule has 0 spiro atoms. The van der Waals surface area contributed by atoms with Gasteiger partial charge in [0.1, 0.15) is 11.8 Å². The largest absolute Gasteiger partial charge is 0.467 e. The number of hydrogen-bond acceptors (Lipinski definition) is 5. The Labute approximate surface area is 140 Å². The van der Waals surface area contributed by atoms with Gasteiger partial charge in [0.25, 0.3) is 5.91 Å². The SMILES string of the molecule is CCC(=O)CC[C@@H](NC(=O)c1ccc(NC(C)=O)cc1)C(=O)OC. The number of anilines is 1. The van der Waals surface area contributed by atoms with Gasteiger partial charge < -0.3 is 15.4 Å². The summed E-state index contributed by atoms with van der Waals surface area (Å²) in [6.07, 6.45) is 0.763. The first kappa shape index (κ1) is 19.3. The molecule has 1 aromatic rings. The highest BCUT2D eigenvalue weighted by Gasteiger charge is 2.22. The van der Waals surface area contributed by atoms with Crippen molar-refractivity contribution in [2.75, 3.05) is 12.4 Å². The third-order valence-electron chi connectivity index (χ3n) is 3.36. The van der Waals surface area contributed by atoms with Gasteiger partial charge in [0, 0.05) is 31.0 Å². The normalized spacial score (nSPS) is 11.3. The fourth-order valence-electron chi connectivity index (χ4n) is 2.02. The molecule has 0 saturated carbocycles. The zero-order valence-electron chi connectivity index (χ0n) is 14.0. The van der Waals surface area contributed by atoms with Crippen LogP contribution in [0.5, 0.6) is 0 Å².